The molecular formula is C18H23N5O2S. The van der Waals surface area contributed by atoms with Crippen LogP contribution in [-0.4, -0.2) is 50.8 Å². The van der Waals surface area contributed by atoms with Crippen molar-refractivity contribution in [2.24, 2.45) is 7.05 Å². The Labute approximate surface area is 157 Å². The molecule has 138 valence electrons. The second-order valence-corrected chi connectivity index (χ2v) is 7.23. The van der Waals surface area contributed by atoms with E-state index in [-0.39, 0.29) is 17.7 Å². The molecule has 0 bridgehead atoms. The smallest absolute Gasteiger partial charge is 0.321 e. The van der Waals surface area contributed by atoms with E-state index in [1.54, 1.807) is 36.0 Å². The number of thioether (sulfide) groups is 1. The van der Waals surface area contributed by atoms with Gasteiger partial charge in [0.15, 0.2) is 10.9 Å². The molecule has 1 aromatic heterocycles. The standard InChI is InChI=1S/C18H23N5O2S/c1-12(24)13-6-4-8-15(10-13)19-17(25)23-9-5-7-14(11-23)16-20-21-18(26-3)22(16)2/h4,6,8,10,14H,5,7,9,11H2,1-3H3,(H,19,25)/t14-/m0/s1. The summed E-state index contributed by atoms with van der Waals surface area (Å²) in [7, 11) is 1.97. The number of piperidine rings is 1. The molecule has 0 unspecified atom stereocenters. The van der Waals surface area contributed by atoms with Crippen molar-refractivity contribution in [3.05, 3.63) is 35.7 Å². The highest BCUT2D eigenvalue weighted by atomic mass is 32.2. The summed E-state index contributed by atoms with van der Waals surface area (Å²) < 4.78 is 2.01. The van der Waals surface area contributed by atoms with Gasteiger partial charge in [-0.1, -0.05) is 23.9 Å². The molecule has 1 aromatic carbocycles. The Hall–Kier alpha value is -2.35. The average molecular weight is 373 g/mol. The SMILES string of the molecule is CSc1nnc([C@H]2CCCN(C(=O)Nc3cccc(C(C)=O)c3)C2)n1C. The lowest BCUT2D eigenvalue weighted by Crippen LogP contribution is -2.42. The fourth-order valence-corrected chi connectivity index (χ4v) is 3.74. The number of nitrogens with zero attached hydrogens (tertiary/aromatic N) is 4. The van der Waals surface area contributed by atoms with Gasteiger partial charge in [-0.05, 0) is 38.2 Å². The van der Waals surface area contributed by atoms with Gasteiger partial charge in [-0.25, -0.2) is 4.79 Å². The van der Waals surface area contributed by atoms with Crippen molar-refractivity contribution in [2.75, 3.05) is 24.7 Å². The Kier molecular flexibility index (Phi) is 5.61. The van der Waals surface area contributed by atoms with E-state index < -0.39 is 0 Å². The third kappa shape index (κ3) is 3.90. The number of Topliss-reactive ketones (excluding diaryl/α,β-unsaturated/α-hetero) is 1. The predicted molar refractivity (Wildman–Crippen MR) is 102 cm³/mol. The molecule has 2 heterocycles. The highest BCUT2D eigenvalue weighted by Crippen LogP contribution is 2.27. The molecule has 1 fully saturated rings. The molecule has 1 aliphatic heterocycles. The van der Waals surface area contributed by atoms with Crippen LogP contribution >= 0.6 is 11.8 Å². The van der Waals surface area contributed by atoms with Gasteiger partial charge in [0, 0.05) is 37.3 Å². The number of ketones is 1. The minimum absolute atomic E-state index is 0.0222. The van der Waals surface area contributed by atoms with Crippen LogP contribution < -0.4 is 5.32 Å². The first-order chi connectivity index (χ1) is 12.5. The van der Waals surface area contributed by atoms with Crippen molar-refractivity contribution in [3.8, 4) is 0 Å². The molecule has 7 nitrogen and oxygen atoms in total. The van der Waals surface area contributed by atoms with Crippen LogP contribution in [0.4, 0.5) is 10.5 Å². The lowest BCUT2D eigenvalue weighted by atomic mass is 9.97. The number of urea groups is 1. The molecule has 0 aliphatic carbocycles. The Morgan fingerprint density at radius 2 is 2.12 bits per heavy atom. The average Bonchev–Trinajstić information content (AvgIpc) is 3.02. The minimum Gasteiger partial charge on any atom is -0.324 e. The zero-order chi connectivity index (χ0) is 18.7. The number of rotatable bonds is 4. The van der Waals surface area contributed by atoms with E-state index in [1.165, 1.54) is 6.92 Å². The molecule has 2 aromatic rings. The number of likely N-dealkylation sites (tertiary alicyclic amines) is 1. The fraction of sp³-hybridized carbons (Fsp3) is 0.444. The molecule has 26 heavy (non-hydrogen) atoms. The number of carbonyl (C=O) groups excluding carboxylic acids is 2. The lowest BCUT2D eigenvalue weighted by Gasteiger charge is -2.32. The molecule has 1 atom stereocenters. The van der Waals surface area contributed by atoms with E-state index in [4.69, 9.17) is 0 Å². The van der Waals surface area contributed by atoms with E-state index in [0.29, 0.717) is 24.3 Å². The summed E-state index contributed by atoms with van der Waals surface area (Å²) in [6.45, 7) is 2.83. The monoisotopic (exact) mass is 373 g/mol. The second kappa shape index (κ2) is 7.90. The van der Waals surface area contributed by atoms with Crippen molar-refractivity contribution in [1.29, 1.82) is 0 Å². The minimum atomic E-state index is -0.150. The molecule has 1 N–H and O–H groups in total. The summed E-state index contributed by atoms with van der Waals surface area (Å²) in [6, 6.07) is 6.86. The maximum Gasteiger partial charge on any atom is 0.321 e. The number of carbonyl (C=O) groups is 2. The highest BCUT2D eigenvalue weighted by Gasteiger charge is 2.28. The Bertz CT molecular complexity index is 820. The number of nitrogens with one attached hydrogen (secondary N) is 1. The Morgan fingerprint density at radius 1 is 1.31 bits per heavy atom. The third-order valence-corrected chi connectivity index (χ3v) is 5.37. The van der Waals surface area contributed by atoms with Gasteiger partial charge in [-0.3, -0.25) is 4.79 Å². The third-order valence-electron chi connectivity index (χ3n) is 4.65. The molecule has 3 rings (SSSR count). The largest absolute Gasteiger partial charge is 0.324 e. The van der Waals surface area contributed by atoms with Crippen molar-refractivity contribution in [3.63, 3.8) is 0 Å². The van der Waals surface area contributed by atoms with Crippen molar-refractivity contribution < 1.29 is 9.59 Å². The molecule has 2 amide bonds. The molecule has 8 heteroatoms. The van der Waals surface area contributed by atoms with E-state index in [0.717, 1.165) is 23.8 Å². The molecular weight excluding hydrogens is 350 g/mol. The van der Waals surface area contributed by atoms with Gasteiger partial charge in [-0.15, -0.1) is 10.2 Å². The van der Waals surface area contributed by atoms with Gasteiger partial charge >= 0.3 is 6.03 Å². The Balaban J connectivity index is 1.69. The van der Waals surface area contributed by atoms with Crippen LogP contribution in [-0.2, 0) is 7.05 Å². The van der Waals surface area contributed by atoms with E-state index >= 15 is 0 Å². The van der Waals surface area contributed by atoms with Crippen LogP contribution in [0.1, 0.15) is 41.9 Å². The van der Waals surface area contributed by atoms with Crippen LogP contribution in [0.15, 0.2) is 29.4 Å². The molecule has 1 aliphatic rings. The zero-order valence-electron chi connectivity index (χ0n) is 15.2. The first-order valence-electron chi connectivity index (χ1n) is 8.59. The fourth-order valence-electron chi connectivity index (χ4n) is 3.25. The second-order valence-electron chi connectivity index (χ2n) is 6.46. The number of amides is 2. The Morgan fingerprint density at radius 3 is 2.81 bits per heavy atom. The number of anilines is 1. The van der Waals surface area contributed by atoms with E-state index in [9.17, 15) is 9.59 Å². The topological polar surface area (TPSA) is 80.1 Å². The molecule has 0 spiro atoms. The van der Waals surface area contributed by atoms with E-state index in [2.05, 4.69) is 15.5 Å². The summed E-state index contributed by atoms with van der Waals surface area (Å²) in [4.78, 5) is 26.0. The van der Waals surface area contributed by atoms with E-state index in [1.807, 2.05) is 22.8 Å². The van der Waals surface area contributed by atoms with Crippen molar-refractivity contribution >= 4 is 29.3 Å². The van der Waals surface area contributed by atoms with Crippen LogP contribution in [0.25, 0.3) is 0 Å². The number of hydrogen-bond acceptors (Lipinski definition) is 5. The summed E-state index contributed by atoms with van der Waals surface area (Å²) in [5.41, 5.74) is 1.22. The van der Waals surface area contributed by atoms with Gasteiger partial charge in [0.05, 0.1) is 0 Å². The molecule has 0 radical (unpaired) electrons. The molecule has 1 saturated heterocycles. The summed E-state index contributed by atoms with van der Waals surface area (Å²) in [5, 5.41) is 12.3. The van der Waals surface area contributed by atoms with Crippen molar-refractivity contribution in [2.45, 2.75) is 30.8 Å². The predicted octanol–water partition coefficient (Wildman–Crippen LogP) is 3.15. The number of hydrogen-bond donors (Lipinski definition) is 1. The maximum absolute atomic E-state index is 12.7. The number of benzene rings is 1. The van der Waals surface area contributed by atoms with Gasteiger partial charge < -0.3 is 14.8 Å². The first kappa shape index (κ1) is 18.4. The van der Waals surface area contributed by atoms with Crippen LogP contribution in [0.5, 0.6) is 0 Å². The lowest BCUT2D eigenvalue weighted by molar-refractivity contribution is 0.101. The van der Waals surface area contributed by atoms with Crippen LogP contribution in [0.2, 0.25) is 0 Å². The van der Waals surface area contributed by atoms with Gasteiger partial charge in [0.2, 0.25) is 0 Å². The zero-order valence-corrected chi connectivity index (χ0v) is 16.0. The van der Waals surface area contributed by atoms with Gasteiger partial charge in [0.25, 0.3) is 0 Å². The summed E-state index contributed by atoms with van der Waals surface area (Å²) >= 11 is 1.56. The maximum atomic E-state index is 12.7. The summed E-state index contributed by atoms with van der Waals surface area (Å²) in [6.07, 6.45) is 3.89. The van der Waals surface area contributed by atoms with Gasteiger partial charge in [0.1, 0.15) is 5.82 Å². The normalized spacial score (nSPS) is 17.2. The summed E-state index contributed by atoms with van der Waals surface area (Å²) in [5.74, 6) is 1.08. The van der Waals surface area contributed by atoms with Gasteiger partial charge in [-0.2, -0.15) is 0 Å². The first-order valence-corrected chi connectivity index (χ1v) is 9.82. The number of aromatic nitrogens is 3. The highest BCUT2D eigenvalue weighted by molar-refractivity contribution is 7.98. The molecule has 0 saturated carbocycles. The van der Waals surface area contributed by atoms with Crippen LogP contribution in [0, 0.1) is 0 Å². The quantitative estimate of drug-likeness (QED) is 0.658. The van der Waals surface area contributed by atoms with Crippen molar-refractivity contribution in [1.82, 2.24) is 19.7 Å². The van der Waals surface area contributed by atoms with Crippen LogP contribution in [0.3, 0.4) is 0 Å².